The summed E-state index contributed by atoms with van der Waals surface area (Å²) in [5.41, 5.74) is 1.80. The fourth-order valence-corrected chi connectivity index (χ4v) is 3.66. The normalized spacial score (nSPS) is 14.6. The number of hydrogen-bond acceptors (Lipinski definition) is 5. The van der Waals surface area contributed by atoms with E-state index in [1.54, 1.807) is 37.0 Å². The summed E-state index contributed by atoms with van der Waals surface area (Å²) < 4.78 is 18.9. The molecule has 2 aromatic carbocycles. The summed E-state index contributed by atoms with van der Waals surface area (Å²) >= 11 is 12.8. The van der Waals surface area contributed by atoms with Gasteiger partial charge in [0.25, 0.3) is 0 Å². The Morgan fingerprint density at radius 3 is 2.47 bits per heavy atom. The SMILES string of the molecule is COc1ccc(COc2cc(Oc3c(C=CC4(O)CC4)c(C)nn3C)c(Cl)cc2Cl)cc1. The Hall–Kier alpha value is -2.67. The van der Waals surface area contributed by atoms with Crippen molar-refractivity contribution in [1.82, 2.24) is 9.78 Å². The first-order valence-electron chi connectivity index (χ1n) is 10.2. The third kappa shape index (κ3) is 5.04. The summed E-state index contributed by atoms with van der Waals surface area (Å²) in [7, 11) is 3.41. The van der Waals surface area contributed by atoms with Crippen LogP contribution in [0.1, 0.15) is 29.7 Å². The average molecular weight is 475 g/mol. The topological polar surface area (TPSA) is 65.7 Å². The molecule has 0 unspecified atom stereocenters. The highest BCUT2D eigenvalue weighted by Gasteiger charge is 2.37. The summed E-state index contributed by atoms with van der Waals surface area (Å²) in [5.74, 6) is 2.13. The van der Waals surface area contributed by atoms with Crippen molar-refractivity contribution in [1.29, 1.82) is 0 Å². The molecule has 1 heterocycles. The van der Waals surface area contributed by atoms with Gasteiger partial charge in [-0.15, -0.1) is 0 Å². The lowest BCUT2D eigenvalue weighted by Gasteiger charge is -2.13. The van der Waals surface area contributed by atoms with Gasteiger partial charge in [0.15, 0.2) is 5.75 Å². The molecule has 1 N–H and O–H groups in total. The number of aryl methyl sites for hydroxylation is 2. The first-order chi connectivity index (χ1) is 15.3. The molecule has 1 saturated carbocycles. The number of nitrogens with zero attached hydrogens (tertiary/aromatic N) is 2. The fourth-order valence-electron chi connectivity index (χ4n) is 3.19. The summed E-state index contributed by atoms with van der Waals surface area (Å²) in [5, 5.41) is 15.3. The Labute approximate surface area is 196 Å². The largest absolute Gasteiger partial charge is 0.497 e. The maximum atomic E-state index is 10.1. The lowest BCUT2D eigenvalue weighted by molar-refractivity contribution is 0.203. The van der Waals surface area contributed by atoms with Crippen LogP contribution in [0.25, 0.3) is 6.08 Å². The van der Waals surface area contributed by atoms with E-state index in [-0.39, 0.29) is 0 Å². The minimum absolute atomic E-state index is 0.322. The number of benzene rings is 2. The van der Waals surface area contributed by atoms with E-state index >= 15 is 0 Å². The molecule has 8 heteroatoms. The number of aliphatic hydroxyl groups is 1. The zero-order chi connectivity index (χ0) is 22.9. The van der Waals surface area contributed by atoms with Gasteiger partial charge < -0.3 is 19.3 Å². The molecule has 1 aliphatic rings. The quantitative estimate of drug-likeness (QED) is 0.436. The van der Waals surface area contributed by atoms with Gasteiger partial charge in [0.05, 0.1) is 34.0 Å². The van der Waals surface area contributed by atoms with Crippen molar-refractivity contribution < 1.29 is 19.3 Å². The van der Waals surface area contributed by atoms with Crippen molar-refractivity contribution in [2.75, 3.05) is 7.11 Å². The maximum absolute atomic E-state index is 10.1. The standard InChI is InChI=1S/C24H24Cl2N2O4/c1-15-18(8-9-24(29)10-11-24)23(28(2)27-15)32-22-13-21(19(25)12-20(22)26)31-14-16-4-6-17(30-3)7-5-16/h4-9,12-13,29H,10-11,14H2,1-3H3. The van der Waals surface area contributed by atoms with E-state index in [9.17, 15) is 5.11 Å². The molecule has 1 aliphatic carbocycles. The lowest BCUT2D eigenvalue weighted by atomic mass is 10.2. The van der Waals surface area contributed by atoms with Crippen molar-refractivity contribution in [3.63, 3.8) is 0 Å². The monoisotopic (exact) mass is 474 g/mol. The van der Waals surface area contributed by atoms with Gasteiger partial charge in [0.1, 0.15) is 18.1 Å². The zero-order valence-electron chi connectivity index (χ0n) is 18.1. The number of ether oxygens (including phenoxy) is 3. The molecule has 168 valence electrons. The van der Waals surface area contributed by atoms with Crippen molar-refractivity contribution in [2.45, 2.75) is 32.0 Å². The molecule has 3 aromatic rings. The van der Waals surface area contributed by atoms with Gasteiger partial charge in [0, 0.05) is 13.1 Å². The van der Waals surface area contributed by atoms with Crippen LogP contribution in [0, 0.1) is 6.92 Å². The highest BCUT2D eigenvalue weighted by atomic mass is 35.5. The smallest absolute Gasteiger partial charge is 0.225 e. The number of halogens is 2. The number of aromatic nitrogens is 2. The molecule has 0 atom stereocenters. The Morgan fingerprint density at radius 2 is 1.81 bits per heavy atom. The van der Waals surface area contributed by atoms with Crippen LogP contribution in [-0.2, 0) is 13.7 Å². The van der Waals surface area contributed by atoms with Gasteiger partial charge in [-0.25, -0.2) is 4.68 Å². The summed E-state index contributed by atoms with van der Waals surface area (Å²) in [6.45, 7) is 2.21. The predicted molar refractivity (Wildman–Crippen MR) is 125 cm³/mol. The van der Waals surface area contributed by atoms with Crippen LogP contribution in [0.15, 0.2) is 42.5 Å². The van der Waals surface area contributed by atoms with E-state index in [0.29, 0.717) is 34.0 Å². The molecule has 32 heavy (non-hydrogen) atoms. The molecular formula is C24H24Cl2N2O4. The lowest BCUT2D eigenvalue weighted by Crippen LogP contribution is -2.00. The maximum Gasteiger partial charge on any atom is 0.225 e. The van der Waals surface area contributed by atoms with Crippen LogP contribution in [0.4, 0.5) is 0 Å². The molecule has 1 aromatic heterocycles. The highest BCUT2D eigenvalue weighted by Crippen LogP contribution is 2.41. The van der Waals surface area contributed by atoms with Crippen molar-refractivity contribution in [2.24, 2.45) is 7.05 Å². The third-order valence-electron chi connectivity index (χ3n) is 5.28. The van der Waals surface area contributed by atoms with Gasteiger partial charge in [-0.1, -0.05) is 41.4 Å². The second-order valence-corrected chi connectivity index (χ2v) is 8.63. The van der Waals surface area contributed by atoms with Crippen molar-refractivity contribution in [3.8, 4) is 23.1 Å². The van der Waals surface area contributed by atoms with E-state index in [1.807, 2.05) is 37.3 Å². The van der Waals surface area contributed by atoms with E-state index in [4.69, 9.17) is 37.4 Å². The van der Waals surface area contributed by atoms with Crippen molar-refractivity contribution >= 4 is 29.3 Å². The first-order valence-corrected chi connectivity index (χ1v) is 10.9. The minimum Gasteiger partial charge on any atom is -0.497 e. The molecule has 4 rings (SSSR count). The van der Waals surface area contributed by atoms with E-state index < -0.39 is 5.60 Å². The Kier molecular flexibility index (Phi) is 6.38. The molecule has 1 fully saturated rings. The van der Waals surface area contributed by atoms with Crippen LogP contribution >= 0.6 is 23.2 Å². The first kappa shape index (κ1) is 22.5. The summed E-state index contributed by atoms with van der Waals surface area (Å²) in [4.78, 5) is 0. The fraction of sp³-hybridized carbons (Fsp3) is 0.292. The molecule has 0 amide bonds. The van der Waals surface area contributed by atoms with E-state index in [2.05, 4.69) is 5.10 Å². The number of rotatable bonds is 8. The third-order valence-corrected chi connectivity index (χ3v) is 5.87. The zero-order valence-corrected chi connectivity index (χ0v) is 19.6. The van der Waals surface area contributed by atoms with Gasteiger partial charge in [0.2, 0.25) is 5.88 Å². The van der Waals surface area contributed by atoms with E-state index in [1.165, 1.54) is 0 Å². The molecule has 0 bridgehead atoms. The molecular weight excluding hydrogens is 451 g/mol. The number of hydrogen-bond donors (Lipinski definition) is 1. The van der Waals surface area contributed by atoms with Gasteiger partial charge in [-0.3, -0.25) is 0 Å². The Bertz CT molecular complexity index is 1150. The Morgan fingerprint density at radius 1 is 1.12 bits per heavy atom. The molecule has 0 spiro atoms. The number of methoxy groups -OCH3 is 1. The molecule has 0 saturated heterocycles. The van der Waals surface area contributed by atoms with Gasteiger partial charge in [-0.2, -0.15) is 5.10 Å². The predicted octanol–water partition coefficient (Wildman–Crippen LogP) is 5.95. The van der Waals surface area contributed by atoms with E-state index in [0.717, 1.165) is 35.4 Å². The van der Waals surface area contributed by atoms with Crippen molar-refractivity contribution in [3.05, 3.63) is 69.3 Å². The van der Waals surface area contributed by atoms with Gasteiger partial charge >= 0.3 is 0 Å². The van der Waals surface area contributed by atoms with Crippen LogP contribution in [0.3, 0.4) is 0 Å². The Balaban J connectivity index is 1.56. The molecule has 0 aliphatic heterocycles. The summed E-state index contributed by atoms with van der Waals surface area (Å²) in [6.07, 6.45) is 5.15. The summed E-state index contributed by atoms with van der Waals surface area (Å²) in [6, 6.07) is 10.8. The highest BCUT2D eigenvalue weighted by molar-refractivity contribution is 6.36. The molecule has 0 radical (unpaired) electrons. The van der Waals surface area contributed by atoms with Crippen LogP contribution in [0.5, 0.6) is 23.1 Å². The van der Waals surface area contributed by atoms with Crippen LogP contribution < -0.4 is 14.2 Å². The second kappa shape index (κ2) is 9.06. The molecule has 6 nitrogen and oxygen atoms in total. The van der Waals surface area contributed by atoms with Crippen LogP contribution in [0.2, 0.25) is 10.0 Å². The van der Waals surface area contributed by atoms with Crippen LogP contribution in [-0.4, -0.2) is 27.6 Å². The average Bonchev–Trinajstić information content (AvgIpc) is 3.44. The minimum atomic E-state index is -0.722. The van der Waals surface area contributed by atoms with Gasteiger partial charge in [-0.05, 0) is 49.6 Å². The second-order valence-electron chi connectivity index (χ2n) is 7.82.